The molecule has 2 heterocycles. The largest absolute Gasteiger partial charge is 0.345 e. The molecule has 3 rings (SSSR count). The van der Waals surface area contributed by atoms with Crippen LogP contribution >= 0.6 is 11.3 Å². The number of hydrogen-bond donors (Lipinski definition) is 0. The predicted molar refractivity (Wildman–Crippen MR) is 87.7 cm³/mol. The average molecular weight is 325 g/mol. The third kappa shape index (κ3) is 2.77. The number of piperazine rings is 1. The maximum Gasteiger partial charge on any atom is 0.211 e. The second kappa shape index (κ2) is 5.23. The molecule has 0 N–H and O–H groups in total. The van der Waals surface area contributed by atoms with Crippen LogP contribution in [-0.2, 0) is 10.0 Å². The standard InChI is InChI=1S/C14H19N3O2S2/c1-10-4-5-11(2)13-12(10)15-14(20-13)16-6-8-17(9-7-16)21(3,18)19/h4-5H,6-9H2,1-3H3. The van der Waals surface area contributed by atoms with Gasteiger partial charge in [0.25, 0.3) is 0 Å². The smallest absolute Gasteiger partial charge is 0.211 e. The SMILES string of the molecule is Cc1ccc(C)c2sc(N3CCN(S(C)(=O)=O)CC3)nc12. The lowest BCUT2D eigenvalue weighted by Gasteiger charge is -2.32. The van der Waals surface area contributed by atoms with E-state index in [1.807, 2.05) is 0 Å². The maximum absolute atomic E-state index is 11.6. The number of fused-ring (bicyclic) bond motifs is 1. The zero-order chi connectivity index (χ0) is 15.2. The van der Waals surface area contributed by atoms with E-state index in [4.69, 9.17) is 4.98 Å². The fraction of sp³-hybridized carbons (Fsp3) is 0.500. The molecule has 0 aliphatic carbocycles. The second-order valence-corrected chi connectivity index (χ2v) is 8.48. The number of rotatable bonds is 2. The lowest BCUT2D eigenvalue weighted by atomic mass is 10.1. The second-order valence-electron chi connectivity index (χ2n) is 5.52. The summed E-state index contributed by atoms with van der Waals surface area (Å²) in [6.07, 6.45) is 1.27. The number of benzene rings is 1. The predicted octanol–water partition coefficient (Wildman–Crippen LogP) is 1.99. The van der Waals surface area contributed by atoms with Crippen LogP contribution in [0.15, 0.2) is 12.1 Å². The van der Waals surface area contributed by atoms with Gasteiger partial charge in [0.15, 0.2) is 5.13 Å². The lowest BCUT2D eigenvalue weighted by molar-refractivity contribution is 0.388. The third-order valence-electron chi connectivity index (χ3n) is 3.91. The highest BCUT2D eigenvalue weighted by Gasteiger charge is 2.25. The number of anilines is 1. The van der Waals surface area contributed by atoms with E-state index in [0.717, 1.165) is 10.6 Å². The van der Waals surface area contributed by atoms with E-state index in [-0.39, 0.29) is 0 Å². The molecule has 0 bridgehead atoms. The van der Waals surface area contributed by atoms with Crippen molar-refractivity contribution in [3.63, 3.8) is 0 Å². The van der Waals surface area contributed by atoms with Crippen molar-refractivity contribution in [1.29, 1.82) is 0 Å². The number of aromatic nitrogens is 1. The Hall–Kier alpha value is -1.18. The van der Waals surface area contributed by atoms with Crippen LogP contribution in [0.5, 0.6) is 0 Å². The normalized spacial score (nSPS) is 17.6. The summed E-state index contributed by atoms with van der Waals surface area (Å²) in [6, 6.07) is 4.23. The Balaban J connectivity index is 1.86. The summed E-state index contributed by atoms with van der Waals surface area (Å²) in [4.78, 5) is 6.95. The minimum absolute atomic E-state index is 0.534. The quantitative estimate of drug-likeness (QED) is 0.847. The van der Waals surface area contributed by atoms with Crippen molar-refractivity contribution in [3.8, 4) is 0 Å². The summed E-state index contributed by atoms with van der Waals surface area (Å²) in [5.74, 6) is 0. The monoisotopic (exact) mass is 325 g/mol. The Morgan fingerprint density at radius 2 is 1.71 bits per heavy atom. The molecule has 0 amide bonds. The molecular weight excluding hydrogens is 306 g/mol. The van der Waals surface area contributed by atoms with Crippen molar-refractivity contribution in [1.82, 2.24) is 9.29 Å². The molecule has 1 aromatic carbocycles. The molecule has 5 nitrogen and oxygen atoms in total. The number of hydrogen-bond acceptors (Lipinski definition) is 5. The summed E-state index contributed by atoms with van der Waals surface area (Å²) < 4.78 is 25.9. The first-order valence-electron chi connectivity index (χ1n) is 6.93. The summed E-state index contributed by atoms with van der Waals surface area (Å²) in [6.45, 7) is 6.65. The lowest BCUT2D eigenvalue weighted by Crippen LogP contribution is -2.48. The van der Waals surface area contributed by atoms with Gasteiger partial charge in [-0.3, -0.25) is 0 Å². The molecule has 21 heavy (non-hydrogen) atoms. The van der Waals surface area contributed by atoms with Crippen molar-refractivity contribution in [3.05, 3.63) is 23.3 Å². The zero-order valence-electron chi connectivity index (χ0n) is 12.5. The van der Waals surface area contributed by atoms with E-state index in [9.17, 15) is 8.42 Å². The van der Waals surface area contributed by atoms with Crippen LogP contribution in [0.25, 0.3) is 10.2 Å². The Morgan fingerprint density at radius 1 is 1.10 bits per heavy atom. The fourth-order valence-corrected chi connectivity index (χ4v) is 4.58. The van der Waals surface area contributed by atoms with Crippen molar-refractivity contribution in [2.75, 3.05) is 37.3 Å². The molecular formula is C14H19N3O2S2. The van der Waals surface area contributed by atoms with E-state index >= 15 is 0 Å². The van der Waals surface area contributed by atoms with Crippen LogP contribution in [0, 0.1) is 13.8 Å². The minimum Gasteiger partial charge on any atom is -0.345 e. The molecule has 7 heteroatoms. The Kier molecular flexibility index (Phi) is 3.67. The Bertz CT molecular complexity index is 736. The number of nitrogens with zero attached hydrogens (tertiary/aromatic N) is 3. The van der Waals surface area contributed by atoms with Gasteiger partial charge in [-0.25, -0.2) is 13.4 Å². The molecule has 1 fully saturated rings. The van der Waals surface area contributed by atoms with Gasteiger partial charge in [-0.15, -0.1) is 0 Å². The maximum atomic E-state index is 11.6. The Labute approximate surface area is 129 Å². The molecule has 0 saturated carbocycles. The fourth-order valence-electron chi connectivity index (χ4n) is 2.59. The van der Waals surface area contributed by atoms with E-state index in [1.54, 1.807) is 11.3 Å². The van der Waals surface area contributed by atoms with Gasteiger partial charge in [0, 0.05) is 26.2 Å². The van der Waals surface area contributed by atoms with Crippen LogP contribution in [0.1, 0.15) is 11.1 Å². The molecule has 2 aromatic rings. The van der Waals surface area contributed by atoms with Gasteiger partial charge in [0.1, 0.15) is 0 Å². The number of thiazole rings is 1. The van der Waals surface area contributed by atoms with Crippen LogP contribution in [0.3, 0.4) is 0 Å². The van der Waals surface area contributed by atoms with Crippen LogP contribution in [-0.4, -0.2) is 50.1 Å². The molecule has 1 aromatic heterocycles. The molecule has 1 saturated heterocycles. The number of aryl methyl sites for hydroxylation is 2. The molecule has 114 valence electrons. The van der Waals surface area contributed by atoms with Gasteiger partial charge in [-0.1, -0.05) is 23.5 Å². The topological polar surface area (TPSA) is 53.5 Å². The van der Waals surface area contributed by atoms with Crippen molar-refractivity contribution in [2.24, 2.45) is 0 Å². The zero-order valence-corrected chi connectivity index (χ0v) is 14.1. The van der Waals surface area contributed by atoms with Gasteiger partial charge in [-0.05, 0) is 25.0 Å². The van der Waals surface area contributed by atoms with E-state index in [2.05, 4.69) is 30.9 Å². The Morgan fingerprint density at radius 3 is 2.29 bits per heavy atom. The van der Waals surface area contributed by atoms with Gasteiger partial charge in [0.2, 0.25) is 10.0 Å². The van der Waals surface area contributed by atoms with E-state index in [0.29, 0.717) is 26.2 Å². The summed E-state index contributed by atoms with van der Waals surface area (Å²) >= 11 is 1.70. The first kappa shape index (κ1) is 14.7. The molecule has 0 spiro atoms. The summed E-state index contributed by atoms with van der Waals surface area (Å²) in [7, 11) is -3.08. The summed E-state index contributed by atoms with van der Waals surface area (Å²) in [5, 5.41) is 0.996. The van der Waals surface area contributed by atoms with Crippen LogP contribution in [0.2, 0.25) is 0 Å². The van der Waals surface area contributed by atoms with E-state index < -0.39 is 10.0 Å². The minimum atomic E-state index is -3.08. The molecule has 0 unspecified atom stereocenters. The first-order valence-corrected chi connectivity index (χ1v) is 9.59. The van der Waals surface area contributed by atoms with E-state index in [1.165, 1.54) is 26.4 Å². The van der Waals surface area contributed by atoms with Crippen LogP contribution < -0.4 is 4.90 Å². The summed E-state index contributed by atoms with van der Waals surface area (Å²) in [5.41, 5.74) is 3.50. The van der Waals surface area contributed by atoms with Gasteiger partial charge in [0.05, 0.1) is 16.5 Å². The van der Waals surface area contributed by atoms with Crippen molar-refractivity contribution in [2.45, 2.75) is 13.8 Å². The van der Waals surface area contributed by atoms with Crippen molar-refractivity contribution < 1.29 is 8.42 Å². The van der Waals surface area contributed by atoms with Gasteiger partial charge in [-0.2, -0.15) is 4.31 Å². The van der Waals surface area contributed by atoms with Gasteiger partial charge >= 0.3 is 0 Å². The number of sulfonamides is 1. The highest BCUT2D eigenvalue weighted by Crippen LogP contribution is 2.33. The molecule has 1 aliphatic rings. The average Bonchev–Trinajstić information content (AvgIpc) is 2.89. The van der Waals surface area contributed by atoms with Gasteiger partial charge < -0.3 is 4.90 Å². The highest BCUT2D eigenvalue weighted by molar-refractivity contribution is 7.88. The first-order chi connectivity index (χ1) is 9.86. The highest BCUT2D eigenvalue weighted by atomic mass is 32.2. The molecule has 0 atom stereocenters. The van der Waals surface area contributed by atoms with Crippen molar-refractivity contribution >= 4 is 36.7 Å². The molecule has 0 radical (unpaired) electrons. The van der Waals surface area contributed by atoms with Crippen LogP contribution in [0.4, 0.5) is 5.13 Å². The molecule has 1 aliphatic heterocycles. The third-order valence-corrected chi connectivity index (χ3v) is 6.46.